The molecule has 4 heteroatoms. The van der Waals surface area contributed by atoms with Crippen LogP contribution in [0.3, 0.4) is 0 Å². The van der Waals surface area contributed by atoms with Crippen molar-refractivity contribution in [2.75, 3.05) is 0 Å². The number of rotatable bonds is 3. The van der Waals surface area contributed by atoms with Gasteiger partial charge < -0.3 is 8.98 Å². The Bertz CT molecular complexity index is 1360. The van der Waals surface area contributed by atoms with Crippen molar-refractivity contribution < 1.29 is 4.42 Å². The van der Waals surface area contributed by atoms with E-state index < -0.39 is 0 Å². The minimum Gasteiger partial charge on any atom is -0.459 e. The van der Waals surface area contributed by atoms with Gasteiger partial charge in [-0.1, -0.05) is 42.0 Å². The second kappa shape index (κ2) is 6.50. The molecule has 0 radical (unpaired) electrons. The van der Waals surface area contributed by atoms with Crippen molar-refractivity contribution in [3.8, 4) is 11.1 Å². The normalized spacial score (nSPS) is 11.3. The van der Waals surface area contributed by atoms with Crippen LogP contribution in [-0.4, -0.2) is 9.55 Å². The summed E-state index contributed by atoms with van der Waals surface area (Å²) in [7, 11) is 0. The highest BCUT2D eigenvalue weighted by atomic mass is 16.3. The molecule has 5 aromatic rings. The van der Waals surface area contributed by atoms with Crippen molar-refractivity contribution in [2.45, 2.75) is 13.5 Å². The summed E-state index contributed by atoms with van der Waals surface area (Å²) in [6.07, 6.45) is 5.28. The lowest BCUT2D eigenvalue weighted by atomic mass is 10.0. The first-order valence-electron chi connectivity index (χ1n) is 9.21. The zero-order valence-electron chi connectivity index (χ0n) is 15.4. The standard InChI is InChI=1S/C24H18N2O2/c1-16-7-8-23-18(11-16)12-19(28-23)15-26-10-9-20-21(17-5-3-2-4-6-17)13-25-14-22(20)24(26)27/h2-14H,15H2,1H3. The summed E-state index contributed by atoms with van der Waals surface area (Å²) in [5.74, 6) is 0.759. The molecule has 2 aromatic carbocycles. The van der Waals surface area contributed by atoms with Crippen molar-refractivity contribution in [1.29, 1.82) is 0 Å². The van der Waals surface area contributed by atoms with E-state index in [9.17, 15) is 4.79 Å². The van der Waals surface area contributed by atoms with Crippen LogP contribution in [0, 0.1) is 6.92 Å². The Morgan fingerprint density at radius 2 is 1.82 bits per heavy atom. The quantitative estimate of drug-likeness (QED) is 0.443. The average molecular weight is 366 g/mol. The maximum atomic E-state index is 13.1. The number of hydrogen-bond donors (Lipinski definition) is 0. The van der Waals surface area contributed by atoms with Gasteiger partial charge in [-0.2, -0.15) is 0 Å². The first kappa shape index (κ1) is 16.5. The lowest BCUT2D eigenvalue weighted by Gasteiger charge is -2.09. The fraction of sp³-hybridized carbons (Fsp3) is 0.0833. The highest BCUT2D eigenvalue weighted by molar-refractivity contribution is 5.95. The molecule has 0 aliphatic carbocycles. The maximum absolute atomic E-state index is 13.1. The molecule has 0 saturated carbocycles. The Labute approximate surface area is 161 Å². The Hall–Kier alpha value is -3.66. The number of fused-ring (bicyclic) bond motifs is 2. The third-order valence-corrected chi connectivity index (χ3v) is 5.03. The second-order valence-electron chi connectivity index (χ2n) is 7.02. The van der Waals surface area contributed by atoms with E-state index >= 15 is 0 Å². The highest BCUT2D eigenvalue weighted by Crippen LogP contribution is 2.26. The minimum absolute atomic E-state index is 0.0700. The third-order valence-electron chi connectivity index (χ3n) is 5.03. The van der Waals surface area contributed by atoms with Crippen LogP contribution in [0.2, 0.25) is 0 Å². The summed E-state index contributed by atoms with van der Waals surface area (Å²) >= 11 is 0. The molecule has 0 amide bonds. The van der Waals surface area contributed by atoms with Gasteiger partial charge in [0.2, 0.25) is 0 Å². The molecular weight excluding hydrogens is 348 g/mol. The van der Waals surface area contributed by atoms with Crippen LogP contribution in [0.1, 0.15) is 11.3 Å². The molecule has 5 rings (SSSR count). The van der Waals surface area contributed by atoms with Crippen LogP contribution >= 0.6 is 0 Å². The molecule has 0 fully saturated rings. The van der Waals surface area contributed by atoms with Gasteiger partial charge in [0.15, 0.2) is 0 Å². The van der Waals surface area contributed by atoms with Crippen LogP contribution in [-0.2, 0) is 6.54 Å². The van der Waals surface area contributed by atoms with Crippen LogP contribution < -0.4 is 5.56 Å². The van der Waals surface area contributed by atoms with E-state index in [0.29, 0.717) is 11.9 Å². The summed E-state index contributed by atoms with van der Waals surface area (Å²) in [5, 5.41) is 2.57. The number of aryl methyl sites for hydroxylation is 1. The number of aromatic nitrogens is 2. The fourth-order valence-corrected chi connectivity index (χ4v) is 3.64. The number of hydrogen-bond acceptors (Lipinski definition) is 3. The average Bonchev–Trinajstić information content (AvgIpc) is 3.12. The van der Waals surface area contributed by atoms with E-state index in [0.717, 1.165) is 33.2 Å². The molecule has 4 nitrogen and oxygen atoms in total. The molecule has 0 N–H and O–H groups in total. The second-order valence-corrected chi connectivity index (χ2v) is 7.02. The highest BCUT2D eigenvalue weighted by Gasteiger charge is 2.11. The number of benzene rings is 2. The smallest absolute Gasteiger partial charge is 0.260 e. The molecular formula is C24H18N2O2. The van der Waals surface area contributed by atoms with E-state index in [4.69, 9.17) is 4.42 Å². The first-order chi connectivity index (χ1) is 13.7. The lowest BCUT2D eigenvalue weighted by Crippen LogP contribution is -2.20. The van der Waals surface area contributed by atoms with Gasteiger partial charge in [0.1, 0.15) is 11.3 Å². The van der Waals surface area contributed by atoms with E-state index in [1.54, 1.807) is 10.8 Å². The number of pyridine rings is 2. The Kier molecular flexibility index (Phi) is 3.83. The Balaban J connectivity index is 1.59. The monoisotopic (exact) mass is 366 g/mol. The SMILES string of the molecule is Cc1ccc2oc(Cn3ccc4c(-c5ccccc5)cncc4c3=O)cc2c1. The van der Waals surface area contributed by atoms with E-state index in [1.807, 2.05) is 67.0 Å². The van der Waals surface area contributed by atoms with Gasteiger partial charge in [0.25, 0.3) is 5.56 Å². The molecule has 0 unspecified atom stereocenters. The van der Waals surface area contributed by atoms with Gasteiger partial charge in [-0.3, -0.25) is 9.78 Å². The van der Waals surface area contributed by atoms with E-state index in [-0.39, 0.29) is 5.56 Å². The maximum Gasteiger partial charge on any atom is 0.260 e. The van der Waals surface area contributed by atoms with Crippen molar-refractivity contribution in [3.63, 3.8) is 0 Å². The van der Waals surface area contributed by atoms with E-state index in [1.165, 1.54) is 5.56 Å². The largest absolute Gasteiger partial charge is 0.459 e. The third kappa shape index (κ3) is 2.79. The summed E-state index contributed by atoms with van der Waals surface area (Å²) < 4.78 is 7.58. The molecule has 3 aromatic heterocycles. The minimum atomic E-state index is -0.0700. The Morgan fingerprint density at radius 3 is 2.68 bits per heavy atom. The van der Waals surface area contributed by atoms with Crippen molar-refractivity contribution >= 4 is 21.7 Å². The lowest BCUT2D eigenvalue weighted by molar-refractivity contribution is 0.524. The van der Waals surface area contributed by atoms with Gasteiger partial charge in [-0.15, -0.1) is 0 Å². The predicted molar refractivity (Wildman–Crippen MR) is 111 cm³/mol. The molecule has 0 aliphatic heterocycles. The van der Waals surface area contributed by atoms with Crippen molar-refractivity contribution in [2.24, 2.45) is 0 Å². The molecule has 0 aliphatic rings. The van der Waals surface area contributed by atoms with Crippen molar-refractivity contribution in [3.05, 3.63) is 101 Å². The number of nitrogens with zero attached hydrogens (tertiary/aromatic N) is 2. The van der Waals surface area contributed by atoms with Gasteiger partial charge in [-0.25, -0.2) is 0 Å². The molecule has 0 atom stereocenters. The molecule has 0 spiro atoms. The van der Waals surface area contributed by atoms with Crippen LogP contribution in [0.15, 0.2) is 88.5 Å². The Morgan fingerprint density at radius 1 is 0.964 bits per heavy atom. The summed E-state index contributed by atoms with van der Waals surface area (Å²) in [6.45, 7) is 2.44. The molecule has 3 heterocycles. The van der Waals surface area contributed by atoms with Crippen LogP contribution in [0.4, 0.5) is 0 Å². The van der Waals surface area contributed by atoms with Gasteiger partial charge in [-0.05, 0) is 42.1 Å². The van der Waals surface area contributed by atoms with Crippen LogP contribution in [0.25, 0.3) is 32.9 Å². The molecule has 136 valence electrons. The predicted octanol–water partition coefficient (Wildman–Crippen LogP) is 5.17. The zero-order valence-corrected chi connectivity index (χ0v) is 15.4. The molecule has 0 saturated heterocycles. The van der Waals surface area contributed by atoms with Gasteiger partial charge in [0, 0.05) is 29.5 Å². The van der Waals surface area contributed by atoms with E-state index in [2.05, 4.69) is 18.0 Å². The first-order valence-corrected chi connectivity index (χ1v) is 9.21. The van der Waals surface area contributed by atoms with Crippen LogP contribution in [0.5, 0.6) is 0 Å². The summed E-state index contributed by atoms with van der Waals surface area (Å²) in [6, 6.07) is 20.0. The number of furan rings is 1. The van der Waals surface area contributed by atoms with Gasteiger partial charge in [0.05, 0.1) is 11.9 Å². The topological polar surface area (TPSA) is 48.0 Å². The fourth-order valence-electron chi connectivity index (χ4n) is 3.64. The summed E-state index contributed by atoms with van der Waals surface area (Å²) in [5.41, 5.74) is 3.95. The zero-order chi connectivity index (χ0) is 19.1. The molecule has 28 heavy (non-hydrogen) atoms. The summed E-state index contributed by atoms with van der Waals surface area (Å²) in [4.78, 5) is 17.4. The van der Waals surface area contributed by atoms with Gasteiger partial charge >= 0.3 is 0 Å². The molecule has 0 bridgehead atoms. The van der Waals surface area contributed by atoms with Crippen molar-refractivity contribution in [1.82, 2.24) is 9.55 Å².